The molecule has 4 nitrogen and oxygen atoms in total. The van der Waals surface area contributed by atoms with Gasteiger partial charge in [-0.15, -0.1) is 0 Å². The van der Waals surface area contributed by atoms with E-state index in [9.17, 15) is 26.7 Å². The first-order chi connectivity index (χ1) is 13.7. The van der Waals surface area contributed by atoms with E-state index in [4.69, 9.17) is 4.52 Å². The molecule has 3 aromatic rings. The summed E-state index contributed by atoms with van der Waals surface area (Å²) in [6.07, 6.45) is -3.90. The number of alkyl halides is 3. The fourth-order valence-corrected chi connectivity index (χ4v) is 3.69. The highest BCUT2D eigenvalue weighted by Crippen LogP contribution is 2.36. The summed E-state index contributed by atoms with van der Waals surface area (Å²) >= 11 is 0. The molecule has 0 saturated carbocycles. The number of hydrogen-bond donors (Lipinski definition) is 0. The molecule has 1 amide bonds. The number of hydrogen-bond acceptors (Lipinski definition) is 3. The van der Waals surface area contributed by atoms with Crippen molar-refractivity contribution in [1.29, 1.82) is 0 Å². The van der Waals surface area contributed by atoms with E-state index in [1.807, 2.05) is 0 Å². The maximum atomic E-state index is 13.3. The van der Waals surface area contributed by atoms with Crippen molar-refractivity contribution in [2.75, 3.05) is 13.1 Å². The third-order valence-electron chi connectivity index (χ3n) is 5.15. The standard InChI is InChI=1S/C20H15F5N2O2/c21-12-1-3-14(16(9-12)20(23,24)25)19(28)27-7-5-11(6-8-27)18-15-4-2-13(22)10-17(15)29-26-18/h1-4,9-11H,5-8H2. The summed E-state index contributed by atoms with van der Waals surface area (Å²) in [4.78, 5) is 14.0. The van der Waals surface area contributed by atoms with Gasteiger partial charge in [0.05, 0.1) is 16.8 Å². The molecule has 1 aliphatic rings. The Hall–Kier alpha value is -2.97. The molecule has 2 heterocycles. The van der Waals surface area contributed by atoms with E-state index < -0.39 is 34.8 Å². The van der Waals surface area contributed by atoms with Gasteiger partial charge in [0.15, 0.2) is 5.58 Å². The van der Waals surface area contributed by atoms with E-state index in [0.29, 0.717) is 35.6 Å². The molecule has 0 radical (unpaired) electrons. The molecule has 2 aromatic carbocycles. The Labute approximate surface area is 161 Å². The summed E-state index contributed by atoms with van der Waals surface area (Å²) in [5.41, 5.74) is -0.890. The van der Waals surface area contributed by atoms with Gasteiger partial charge in [-0.1, -0.05) is 5.16 Å². The van der Waals surface area contributed by atoms with Crippen molar-refractivity contribution < 1.29 is 31.3 Å². The molecule has 9 heteroatoms. The predicted octanol–water partition coefficient (Wildman–Crippen LogP) is 5.14. The predicted molar refractivity (Wildman–Crippen MR) is 93.2 cm³/mol. The molecule has 1 saturated heterocycles. The topological polar surface area (TPSA) is 46.3 Å². The lowest BCUT2D eigenvalue weighted by Crippen LogP contribution is -2.38. The maximum absolute atomic E-state index is 13.3. The molecule has 0 aliphatic carbocycles. The van der Waals surface area contributed by atoms with Gasteiger partial charge < -0.3 is 9.42 Å². The normalized spacial score (nSPS) is 15.8. The highest BCUT2D eigenvalue weighted by atomic mass is 19.4. The van der Waals surface area contributed by atoms with Crippen LogP contribution in [0.25, 0.3) is 11.0 Å². The second-order valence-corrected chi connectivity index (χ2v) is 6.96. The van der Waals surface area contributed by atoms with E-state index in [-0.39, 0.29) is 19.0 Å². The van der Waals surface area contributed by atoms with Crippen LogP contribution in [-0.2, 0) is 6.18 Å². The lowest BCUT2D eigenvalue weighted by molar-refractivity contribution is -0.138. The van der Waals surface area contributed by atoms with Gasteiger partial charge in [-0.3, -0.25) is 4.79 Å². The van der Waals surface area contributed by atoms with Gasteiger partial charge in [-0.05, 0) is 43.2 Å². The summed E-state index contributed by atoms with van der Waals surface area (Å²) in [5.74, 6) is -2.36. The average molecular weight is 410 g/mol. The number of halogens is 5. The number of nitrogens with zero attached hydrogens (tertiary/aromatic N) is 2. The SMILES string of the molecule is O=C(c1ccc(F)cc1C(F)(F)F)N1CCC(c2noc3cc(F)ccc23)CC1. The Morgan fingerprint density at radius 1 is 1.03 bits per heavy atom. The molecule has 1 aliphatic heterocycles. The molecule has 0 bridgehead atoms. The van der Waals surface area contributed by atoms with Gasteiger partial charge in [0.2, 0.25) is 0 Å². The molecular formula is C20H15F5N2O2. The van der Waals surface area contributed by atoms with Gasteiger partial charge >= 0.3 is 6.18 Å². The molecule has 1 aromatic heterocycles. The van der Waals surface area contributed by atoms with Crippen LogP contribution >= 0.6 is 0 Å². The Morgan fingerprint density at radius 2 is 1.69 bits per heavy atom. The van der Waals surface area contributed by atoms with Crippen molar-refractivity contribution in [3.8, 4) is 0 Å². The fraction of sp³-hybridized carbons (Fsp3) is 0.300. The summed E-state index contributed by atoms with van der Waals surface area (Å²) in [6.45, 7) is 0.432. The minimum Gasteiger partial charge on any atom is -0.356 e. The van der Waals surface area contributed by atoms with Gasteiger partial charge in [0.25, 0.3) is 5.91 Å². The van der Waals surface area contributed by atoms with Gasteiger partial charge in [0.1, 0.15) is 11.6 Å². The zero-order valence-electron chi connectivity index (χ0n) is 15.0. The van der Waals surface area contributed by atoms with Crippen molar-refractivity contribution in [3.63, 3.8) is 0 Å². The molecule has 152 valence electrons. The molecule has 4 rings (SSSR count). The lowest BCUT2D eigenvalue weighted by atomic mass is 9.91. The largest absolute Gasteiger partial charge is 0.417 e. The number of carbonyl (C=O) groups is 1. The zero-order chi connectivity index (χ0) is 20.8. The van der Waals surface area contributed by atoms with Crippen LogP contribution in [0.15, 0.2) is 40.9 Å². The minimum absolute atomic E-state index is 0.0685. The summed E-state index contributed by atoms with van der Waals surface area (Å²) in [5, 5.41) is 4.68. The number of rotatable bonds is 2. The van der Waals surface area contributed by atoms with Crippen LogP contribution < -0.4 is 0 Å². The Morgan fingerprint density at radius 3 is 2.38 bits per heavy atom. The average Bonchev–Trinajstić information content (AvgIpc) is 3.10. The van der Waals surface area contributed by atoms with E-state index in [2.05, 4.69) is 5.16 Å². The summed E-state index contributed by atoms with van der Waals surface area (Å²) < 4.78 is 71.3. The molecule has 0 unspecified atom stereocenters. The van der Waals surface area contributed by atoms with Crippen molar-refractivity contribution in [2.24, 2.45) is 0 Å². The quantitative estimate of drug-likeness (QED) is 0.550. The molecule has 0 atom stereocenters. The van der Waals surface area contributed by atoms with Crippen molar-refractivity contribution in [2.45, 2.75) is 24.9 Å². The van der Waals surface area contributed by atoms with E-state index >= 15 is 0 Å². The number of benzene rings is 2. The monoisotopic (exact) mass is 410 g/mol. The molecule has 0 N–H and O–H groups in total. The highest BCUT2D eigenvalue weighted by molar-refractivity contribution is 5.96. The second kappa shape index (κ2) is 7.13. The number of aromatic nitrogens is 1. The molecule has 29 heavy (non-hydrogen) atoms. The highest BCUT2D eigenvalue weighted by Gasteiger charge is 2.37. The van der Waals surface area contributed by atoms with Crippen molar-refractivity contribution >= 4 is 16.9 Å². The Bertz CT molecular complexity index is 1070. The fourth-order valence-electron chi connectivity index (χ4n) is 3.69. The van der Waals surface area contributed by atoms with Crippen LogP contribution in [0.4, 0.5) is 22.0 Å². The zero-order valence-corrected chi connectivity index (χ0v) is 15.0. The van der Waals surface area contributed by atoms with Gasteiger partial charge in [0, 0.05) is 30.5 Å². The first-order valence-electron chi connectivity index (χ1n) is 8.95. The molecule has 1 fully saturated rings. The third-order valence-corrected chi connectivity index (χ3v) is 5.15. The van der Waals surface area contributed by atoms with Crippen molar-refractivity contribution in [1.82, 2.24) is 10.1 Å². The maximum Gasteiger partial charge on any atom is 0.417 e. The number of amides is 1. The number of likely N-dealkylation sites (tertiary alicyclic amines) is 1. The molecular weight excluding hydrogens is 395 g/mol. The van der Waals surface area contributed by atoms with E-state index in [1.54, 1.807) is 6.07 Å². The summed E-state index contributed by atoms with van der Waals surface area (Å²) in [7, 11) is 0. The number of fused-ring (bicyclic) bond motifs is 1. The minimum atomic E-state index is -4.83. The summed E-state index contributed by atoms with van der Waals surface area (Å²) in [6, 6.07) is 6.15. The van der Waals surface area contributed by atoms with Crippen LogP contribution in [0.1, 0.15) is 40.4 Å². The third kappa shape index (κ3) is 3.68. The van der Waals surface area contributed by atoms with E-state index in [1.165, 1.54) is 17.0 Å². The lowest BCUT2D eigenvalue weighted by Gasteiger charge is -2.32. The molecule has 0 spiro atoms. The van der Waals surface area contributed by atoms with Crippen molar-refractivity contribution in [3.05, 3.63) is 64.9 Å². The van der Waals surface area contributed by atoms with Gasteiger partial charge in [-0.25, -0.2) is 8.78 Å². The second-order valence-electron chi connectivity index (χ2n) is 6.96. The number of piperidine rings is 1. The van der Waals surface area contributed by atoms with Crippen LogP contribution in [0.3, 0.4) is 0 Å². The number of carbonyl (C=O) groups excluding carboxylic acids is 1. The van der Waals surface area contributed by atoms with Crippen LogP contribution in [0.5, 0.6) is 0 Å². The van der Waals surface area contributed by atoms with Gasteiger partial charge in [-0.2, -0.15) is 13.2 Å². The smallest absolute Gasteiger partial charge is 0.356 e. The van der Waals surface area contributed by atoms with Crippen LogP contribution in [-0.4, -0.2) is 29.1 Å². The first kappa shape index (κ1) is 19.4. The van der Waals surface area contributed by atoms with Crippen LogP contribution in [0.2, 0.25) is 0 Å². The first-order valence-corrected chi connectivity index (χ1v) is 8.95. The van der Waals surface area contributed by atoms with Crippen LogP contribution in [0, 0.1) is 11.6 Å². The van der Waals surface area contributed by atoms with E-state index in [0.717, 1.165) is 12.1 Å². The Balaban J connectivity index is 1.52. The Kier molecular flexibility index (Phi) is 4.76.